The first-order valence-corrected chi connectivity index (χ1v) is 8.11. The topological polar surface area (TPSA) is 66.4 Å². The lowest BCUT2D eigenvalue weighted by molar-refractivity contribution is -0.143. The highest BCUT2D eigenvalue weighted by atomic mass is 32.1. The van der Waals surface area contributed by atoms with Crippen LogP contribution in [0, 0.1) is 18.8 Å². The molecule has 2 rings (SSSR count). The van der Waals surface area contributed by atoms with Gasteiger partial charge < -0.3 is 10.4 Å². The molecule has 1 aliphatic rings. The van der Waals surface area contributed by atoms with Crippen LogP contribution in [-0.2, 0) is 9.59 Å². The average Bonchev–Trinajstić information content (AvgIpc) is 2.89. The van der Waals surface area contributed by atoms with Crippen LogP contribution in [0.1, 0.15) is 35.4 Å². The molecule has 0 unspecified atom stereocenters. The predicted octanol–water partition coefficient (Wildman–Crippen LogP) is 3.08. The van der Waals surface area contributed by atoms with Crippen LogP contribution in [0.2, 0.25) is 0 Å². The molecule has 1 heterocycles. The summed E-state index contributed by atoms with van der Waals surface area (Å²) >= 11 is 1.66. The summed E-state index contributed by atoms with van der Waals surface area (Å²) in [5.74, 6) is -0.561. The Morgan fingerprint density at radius 3 is 2.62 bits per heavy atom. The normalized spacial score (nSPS) is 22.3. The van der Waals surface area contributed by atoms with Crippen molar-refractivity contribution in [3.63, 3.8) is 0 Å². The molecule has 1 aliphatic carbocycles. The number of nitrogens with one attached hydrogen (secondary N) is 1. The Morgan fingerprint density at radius 1 is 1.33 bits per heavy atom. The second-order valence-electron chi connectivity index (χ2n) is 5.58. The molecule has 0 spiro atoms. The van der Waals surface area contributed by atoms with Crippen LogP contribution < -0.4 is 5.32 Å². The summed E-state index contributed by atoms with van der Waals surface area (Å²) in [6.45, 7) is 2.68. The van der Waals surface area contributed by atoms with Gasteiger partial charge in [-0.25, -0.2) is 0 Å². The molecule has 21 heavy (non-hydrogen) atoms. The van der Waals surface area contributed by atoms with E-state index in [0.29, 0.717) is 12.5 Å². The number of carbonyl (C=O) groups excluding carboxylic acids is 1. The molecule has 0 atom stereocenters. The molecule has 5 heteroatoms. The SMILES string of the molecule is Cc1ccc(C=CC(=O)NCC2CCC(C(=O)O)CC2)s1. The lowest BCUT2D eigenvalue weighted by Crippen LogP contribution is -2.31. The molecule has 0 radical (unpaired) electrons. The van der Waals surface area contributed by atoms with Gasteiger partial charge in [-0.1, -0.05) is 0 Å². The maximum absolute atomic E-state index is 11.8. The number of aliphatic carboxylic acids is 1. The number of rotatable bonds is 5. The van der Waals surface area contributed by atoms with E-state index in [1.807, 2.05) is 25.1 Å². The quantitative estimate of drug-likeness (QED) is 0.822. The molecule has 0 aromatic carbocycles. The van der Waals surface area contributed by atoms with Crippen molar-refractivity contribution in [2.24, 2.45) is 11.8 Å². The van der Waals surface area contributed by atoms with Crippen LogP contribution in [0.15, 0.2) is 18.2 Å². The fraction of sp³-hybridized carbons (Fsp3) is 0.500. The van der Waals surface area contributed by atoms with Crippen LogP contribution >= 0.6 is 11.3 Å². The third kappa shape index (κ3) is 5.01. The fourth-order valence-corrected chi connectivity index (χ4v) is 3.40. The Bertz CT molecular complexity index is 527. The molecule has 1 saturated carbocycles. The molecule has 0 aliphatic heterocycles. The first-order chi connectivity index (χ1) is 10.0. The molecule has 4 nitrogen and oxygen atoms in total. The second kappa shape index (κ2) is 7.41. The number of carbonyl (C=O) groups is 2. The standard InChI is InChI=1S/C16H21NO3S/c1-11-2-7-14(21-11)8-9-15(18)17-10-12-3-5-13(6-4-12)16(19)20/h2,7-9,12-13H,3-6,10H2,1H3,(H,17,18)(H,19,20). The molecule has 0 bridgehead atoms. The summed E-state index contributed by atoms with van der Waals surface area (Å²) in [6, 6.07) is 4.03. The number of hydrogen-bond acceptors (Lipinski definition) is 3. The number of amides is 1. The van der Waals surface area contributed by atoms with Gasteiger partial charge in [0.2, 0.25) is 5.91 Å². The van der Waals surface area contributed by atoms with Crippen molar-refractivity contribution in [1.29, 1.82) is 0 Å². The second-order valence-corrected chi connectivity index (χ2v) is 6.90. The number of carboxylic acid groups (broad SMARTS) is 1. The highest BCUT2D eigenvalue weighted by Gasteiger charge is 2.25. The van der Waals surface area contributed by atoms with Gasteiger partial charge in [-0.05, 0) is 56.7 Å². The summed E-state index contributed by atoms with van der Waals surface area (Å²) in [5.41, 5.74) is 0. The first kappa shape index (κ1) is 15.8. The first-order valence-electron chi connectivity index (χ1n) is 7.29. The van der Waals surface area contributed by atoms with Crippen molar-refractivity contribution < 1.29 is 14.7 Å². The third-order valence-corrected chi connectivity index (χ3v) is 4.89. The van der Waals surface area contributed by atoms with E-state index < -0.39 is 5.97 Å². The van der Waals surface area contributed by atoms with Gasteiger partial charge in [-0.2, -0.15) is 0 Å². The minimum Gasteiger partial charge on any atom is -0.481 e. The third-order valence-electron chi connectivity index (χ3n) is 3.92. The Labute approximate surface area is 128 Å². The minimum absolute atomic E-state index is 0.0820. The van der Waals surface area contributed by atoms with Gasteiger partial charge in [0.15, 0.2) is 0 Å². The summed E-state index contributed by atoms with van der Waals surface area (Å²) in [7, 11) is 0. The van der Waals surface area contributed by atoms with E-state index in [0.717, 1.165) is 30.6 Å². The van der Waals surface area contributed by atoms with Crippen molar-refractivity contribution in [3.8, 4) is 0 Å². The minimum atomic E-state index is -0.688. The smallest absolute Gasteiger partial charge is 0.306 e. The molecule has 1 fully saturated rings. The van der Waals surface area contributed by atoms with Gasteiger partial charge in [0.25, 0.3) is 0 Å². The number of carboxylic acids is 1. The molecule has 114 valence electrons. The van der Waals surface area contributed by atoms with Crippen molar-refractivity contribution in [2.75, 3.05) is 6.54 Å². The highest BCUT2D eigenvalue weighted by molar-refractivity contribution is 7.12. The van der Waals surface area contributed by atoms with Gasteiger partial charge in [0, 0.05) is 22.4 Å². The summed E-state index contributed by atoms with van der Waals surface area (Å²) < 4.78 is 0. The van der Waals surface area contributed by atoms with Gasteiger partial charge in [-0.3, -0.25) is 9.59 Å². The van der Waals surface area contributed by atoms with Gasteiger partial charge >= 0.3 is 5.97 Å². The Hall–Kier alpha value is -1.62. The lowest BCUT2D eigenvalue weighted by Gasteiger charge is -2.25. The molecular weight excluding hydrogens is 286 g/mol. The molecule has 1 aromatic rings. The van der Waals surface area contributed by atoms with E-state index in [-0.39, 0.29) is 11.8 Å². The van der Waals surface area contributed by atoms with E-state index >= 15 is 0 Å². The Kier molecular flexibility index (Phi) is 5.56. The lowest BCUT2D eigenvalue weighted by atomic mass is 9.82. The predicted molar refractivity (Wildman–Crippen MR) is 84.2 cm³/mol. The van der Waals surface area contributed by atoms with Gasteiger partial charge in [0.05, 0.1) is 5.92 Å². The van der Waals surface area contributed by atoms with Crippen LogP contribution in [0.5, 0.6) is 0 Å². The van der Waals surface area contributed by atoms with Crippen molar-refractivity contribution >= 4 is 29.3 Å². The van der Waals surface area contributed by atoms with Crippen molar-refractivity contribution in [2.45, 2.75) is 32.6 Å². The van der Waals surface area contributed by atoms with Gasteiger partial charge in [-0.15, -0.1) is 11.3 Å². The van der Waals surface area contributed by atoms with Crippen LogP contribution in [0.4, 0.5) is 0 Å². The summed E-state index contributed by atoms with van der Waals surface area (Å²) in [4.78, 5) is 24.9. The zero-order valence-corrected chi connectivity index (χ0v) is 13.0. The van der Waals surface area contributed by atoms with Crippen molar-refractivity contribution in [3.05, 3.63) is 28.0 Å². The fourth-order valence-electron chi connectivity index (χ4n) is 2.62. The monoisotopic (exact) mass is 307 g/mol. The summed E-state index contributed by atoms with van der Waals surface area (Å²) in [5, 5.41) is 11.8. The molecule has 0 saturated heterocycles. The Morgan fingerprint density at radius 2 is 2.05 bits per heavy atom. The zero-order chi connectivity index (χ0) is 15.2. The number of aryl methyl sites for hydroxylation is 1. The maximum atomic E-state index is 11.8. The summed E-state index contributed by atoms with van der Waals surface area (Å²) in [6.07, 6.45) is 6.60. The highest BCUT2D eigenvalue weighted by Crippen LogP contribution is 2.28. The molecule has 1 aromatic heterocycles. The maximum Gasteiger partial charge on any atom is 0.306 e. The van der Waals surface area contributed by atoms with Crippen LogP contribution in [0.3, 0.4) is 0 Å². The molecular formula is C16H21NO3S. The molecule has 2 N–H and O–H groups in total. The van der Waals surface area contributed by atoms with E-state index in [1.165, 1.54) is 4.88 Å². The number of thiophene rings is 1. The van der Waals surface area contributed by atoms with E-state index in [4.69, 9.17) is 5.11 Å². The van der Waals surface area contributed by atoms with E-state index in [1.54, 1.807) is 17.4 Å². The van der Waals surface area contributed by atoms with Crippen LogP contribution in [-0.4, -0.2) is 23.5 Å². The average molecular weight is 307 g/mol. The Balaban J connectivity index is 1.70. The zero-order valence-electron chi connectivity index (χ0n) is 12.2. The van der Waals surface area contributed by atoms with Gasteiger partial charge in [0.1, 0.15) is 0 Å². The van der Waals surface area contributed by atoms with E-state index in [2.05, 4.69) is 5.32 Å². The van der Waals surface area contributed by atoms with Crippen LogP contribution in [0.25, 0.3) is 6.08 Å². The molecule has 1 amide bonds. The largest absolute Gasteiger partial charge is 0.481 e. The van der Waals surface area contributed by atoms with Crippen molar-refractivity contribution in [1.82, 2.24) is 5.32 Å². The van der Waals surface area contributed by atoms with E-state index in [9.17, 15) is 9.59 Å². The number of hydrogen-bond donors (Lipinski definition) is 2.